The maximum atomic E-state index is 11.9. The Morgan fingerprint density at radius 3 is 2.33 bits per heavy atom. The third kappa shape index (κ3) is 8.17. The number of carbonyl (C=O) groups is 2. The molecule has 0 unspecified atom stereocenters. The zero-order valence-corrected chi connectivity index (χ0v) is 16.7. The summed E-state index contributed by atoms with van der Waals surface area (Å²) in [4.78, 5) is 25.9. The molecular formula is C21H27N3O2S. The molecule has 2 aromatic carbocycles. The first kappa shape index (κ1) is 20.8. The zero-order chi connectivity index (χ0) is 19.5. The van der Waals surface area contributed by atoms with E-state index in [2.05, 4.69) is 27.7 Å². The fraction of sp³-hybridized carbons (Fsp3) is 0.333. The lowest BCUT2D eigenvalue weighted by atomic mass is 10.2. The van der Waals surface area contributed by atoms with Crippen molar-refractivity contribution in [3.8, 4) is 0 Å². The number of thioether (sulfide) groups is 1. The molecule has 2 amide bonds. The number of hydrogen-bond acceptors (Lipinski definition) is 4. The van der Waals surface area contributed by atoms with E-state index >= 15 is 0 Å². The highest BCUT2D eigenvalue weighted by atomic mass is 32.2. The molecule has 5 nitrogen and oxygen atoms in total. The smallest absolute Gasteiger partial charge is 0.234 e. The van der Waals surface area contributed by atoms with Crippen LogP contribution in [0.2, 0.25) is 0 Å². The summed E-state index contributed by atoms with van der Waals surface area (Å²) in [6.07, 6.45) is 0.871. The van der Waals surface area contributed by atoms with Gasteiger partial charge in [0.2, 0.25) is 11.8 Å². The van der Waals surface area contributed by atoms with Crippen molar-refractivity contribution >= 4 is 35.0 Å². The fourth-order valence-electron chi connectivity index (χ4n) is 2.48. The Bertz CT molecular complexity index is 720. The Morgan fingerprint density at radius 1 is 0.963 bits per heavy atom. The van der Waals surface area contributed by atoms with Crippen LogP contribution in [0.15, 0.2) is 54.6 Å². The second-order valence-corrected chi connectivity index (χ2v) is 7.35. The predicted octanol–water partition coefficient (Wildman–Crippen LogP) is 3.31. The number of aryl methyl sites for hydroxylation is 1. The lowest BCUT2D eigenvalue weighted by Crippen LogP contribution is -2.29. The van der Waals surface area contributed by atoms with Gasteiger partial charge in [-0.05, 0) is 37.6 Å². The fourth-order valence-corrected chi connectivity index (χ4v) is 3.12. The molecule has 0 aliphatic rings. The van der Waals surface area contributed by atoms with Crippen molar-refractivity contribution in [3.63, 3.8) is 0 Å². The molecule has 27 heavy (non-hydrogen) atoms. The molecule has 0 heterocycles. The van der Waals surface area contributed by atoms with Crippen LogP contribution in [0.4, 0.5) is 11.4 Å². The molecule has 0 bridgehead atoms. The van der Waals surface area contributed by atoms with Crippen LogP contribution in [-0.4, -0.2) is 43.5 Å². The molecule has 6 heteroatoms. The number of carbonyl (C=O) groups excluding carboxylic acids is 2. The Balaban J connectivity index is 1.54. The van der Waals surface area contributed by atoms with Crippen LogP contribution in [0.25, 0.3) is 0 Å². The van der Waals surface area contributed by atoms with E-state index in [4.69, 9.17) is 0 Å². The minimum Gasteiger partial charge on any atom is -0.375 e. The SMILES string of the molecule is Cc1ccc(NC(=O)CSCC(=O)NCCCN(C)c2ccccc2)cc1. The standard InChI is InChI=1S/C21H27N3O2S/c1-17-9-11-18(12-10-17)23-21(26)16-27-15-20(25)22-13-6-14-24(2)19-7-4-3-5-8-19/h3-5,7-12H,6,13-16H2,1-2H3,(H,22,25)(H,23,26). The lowest BCUT2D eigenvalue weighted by molar-refractivity contribution is -0.118. The van der Waals surface area contributed by atoms with E-state index in [0.717, 1.165) is 24.2 Å². The van der Waals surface area contributed by atoms with E-state index < -0.39 is 0 Å². The number of rotatable bonds is 10. The highest BCUT2D eigenvalue weighted by molar-refractivity contribution is 8.00. The van der Waals surface area contributed by atoms with Crippen molar-refractivity contribution in [1.29, 1.82) is 0 Å². The van der Waals surface area contributed by atoms with Gasteiger partial charge in [-0.1, -0.05) is 35.9 Å². The highest BCUT2D eigenvalue weighted by Gasteiger charge is 2.06. The van der Waals surface area contributed by atoms with E-state index in [1.807, 2.05) is 56.4 Å². The van der Waals surface area contributed by atoms with Crippen molar-refractivity contribution in [2.45, 2.75) is 13.3 Å². The minimum atomic E-state index is -0.0962. The number of hydrogen-bond donors (Lipinski definition) is 2. The summed E-state index contributed by atoms with van der Waals surface area (Å²) in [7, 11) is 2.04. The maximum Gasteiger partial charge on any atom is 0.234 e. The van der Waals surface area contributed by atoms with Gasteiger partial charge in [0.1, 0.15) is 0 Å². The summed E-state index contributed by atoms with van der Waals surface area (Å²) < 4.78 is 0. The first-order valence-electron chi connectivity index (χ1n) is 9.02. The van der Waals surface area contributed by atoms with Gasteiger partial charge in [0, 0.05) is 31.5 Å². The normalized spacial score (nSPS) is 10.3. The summed E-state index contributed by atoms with van der Waals surface area (Å²) >= 11 is 1.32. The second-order valence-electron chi connectivity index (χ2n) is 6.37. The summed E-state index contributed by atoms with van der Waals surface area (Å²) in [5.41, 5.74) is 3.09. The van der Waals surface area contributed by atoms with Gasteiger partial charge in [0.05, 0.1) is 11.5 Å². The van der Waals surface area contributed by atoms with Crippen molar-refractivity contribution < 1.29 is 9.59 Å². The van der Waals surface area contributed by atoms with Gasteiger partial charge in [-0.25, -0.2) is 0 Å². The quantitative estimate of drug-likeness (QED) is 0.616. The Labute approximate surface area is 165 Å². The van der Waals surface area contributed by atoms with Crippen LogP contribution in [0, 0.1) is 6.92 Å². The van der Waals surface area contributed by atoms with Crippen molar-refractivity contribution in [2.24, 2.45) is 0 Å². The van der Waals surface area contributed by atoms with Crippen LogP contribution in [-0.2, 0) is 9.59 Å². The zero-order valence-electron chi connectivity index (χ0n) is 15.9. The molecule has 2 aromatic rings. The van der Waals surface area contributed by atoms with Gasteiger partial charge in [-0.2, -0.15) is 0 Å². The number of anilines is 2. The Kier molecular flexibility index (Phi) is 8.71. The third-order valence-electron chi connectivity index (χ3n) is 3.99. The molecular weight excluding hydrogens is 358 g/mol. The molecule has 0 saturated carbocycles. The van der Waals surface area contributed by atoms with Crippen molar-refractivity contribution in [3.05, 3.63) is 60.2 Å². The number of benzene rings is 2. The summed E-state index contributed by atoms with van der Waals surface area (Å²) in [5.74, 6) is 0.417. The van der Waals surface area contributed by atoms with Gasteiger partial charge < -0.3 is 15.5 Å². The number of amides is 2. The molecule has 0 fully saturated rings. The number of nitrogens with one attached hydrogen (secondary N) is 2. The molecule has 2 N–H and O–H groups in total. The van der Waals surface area contributed by atoms with E-state index in [-0.39, 0.29) is 23.3 Å². The molecule has 2 rings (SSSR count). The molecule has 0 spiro atoms. The summed E-state index contributed by atoms with van der Waals surface area (Å²) in [6, 6.07) is 17.8. The largest absolute Gasteiger partial charge is 0.375 e. The molecule has 0 aromatic heterocycles. The summed E-state index contributed by atoms with van der Waals surface area (Å²) in [5, 5.41) is 5.73. The van der Waals surface area contributed by atoms with E-state index in [0.29, 0.717) is 6.54 Å². The molecule has 0 aliphatic heterocycles. The van der Waals surface area contributed by atoms with Crippen LogP contribution in [0.3, 0.4) is 0 Å². The van der Waals surface area contributed by atoms with E-state index in [1.165, 1.54) is 17.4 Å². The van der Waals surface area contributed by atoms with Gasteiger partial charge in [-0.15, -0.1) is 11.8 Å². The van der Waals surface area contributed by atoms with Crippen molar-refractivity contribution in [2.75, 3.05) is 41.9 Å². The Hall–Kier alpha value is -2.47. The van der Waals surface area contributed by atoms with Crippen LogP contribution in [0.5, 0.6) is 0 Å². The monoisotopic (exact) mass is 385 g/mol. The van der Waals surface area contributed by atoms with Gasteiger partial charge in [-0.3, -0.25) is 9.59 Å². The molecule has 0 aliphatic carbocycles. The molecule has 0 atom stereocenters. The van der Waals surface area contributed by atoms with Crippen LogP contribution >= 0.6 is 11.8 Å². The van der Waals surface area contributed by atoms with Crippen molar-refractivity contribution in [1.82, 2.24) is 5.32 Å². The third-order valence-corrected chi connectivity index (χ3v) is 4.92. The average molecular weight is 386 g/mol. The van der Waals surface area contributed by atoms with Crippen LogP contribution in [0.1, 0.15) is 12.0 Å². The van der Waals surface area contributed by atoms with E-state index in [9.17, 15) is 9.59 Å². The highest BCUT2D eigenvalue weighted by Crippen LogP contribution is 2.11. The van der Waals surface area contributed by atoms with Gasteiger partial charge >= 0.3 is 0 Å². The van der Waals surface area contributed by atoms with Gasteiger partial charge in [0.25, 0.3) is 0 Å². The van der Waals surface area contributed by atoms with E-state index in [1.54, 1.807) is 0 Å². The molecule has 0 radical (unpaired) electrons. The summed E-state index contributed by atoms with van der Waals surface area (Å²) in [6.45, 7) is 3.50. The minimum absolute atomic E-state index is 0.0366. The average Bonchev–Trinajstić information content (AvgIpc) is 2.67. The molecule has 144 valence electrons. The first-order chi connectivity index (χ1) is 13.0. The predicted molar refractivity (Wildman–Crippen MR) is 114 cm³/mol. The molecule has 0 saturated heterocycles. The lowest BCUT2D eigenvalue weighted by Gasteiger charge is -2.19. The maximum absolute atomic E-state index is 11.9. The van der Waals surface area contributed by atoms with Crippen LogP contribution < -0.4 is 15.5 Å². The second kappa shape index (κ2) is 11.3. The number of nitrogens with zero attached hydrogens (tertiary/aromatic N) is 1. The Morgan fingerprint density at radius 2 is 1.63 bits per heavy atom. The number of para-hydroxylation sites is 1. The first-order valence-corrected chi connectivity index (χ1v) is 10.2. The van der Waals surface area contributed by atoms with Gasteiger partial charge in [0.15, 0.2) is 0 Å². The topological polar surface area (TPSA) is 61.4 Å².